The molecular formula is C19H19ClN2O2S. The molecule has 0 radical (unpaired) electrons. The molecule has 4 aliphatic rings. The van der Waals surface area contributed by atoms with Crippen LogP contribution in [0.25, 0.3) is 10.4 Å². The Labute approximate surface area is 155 Å². The fourth-order valence-electron chi connectivity index (χ4n) is 4.45. The normalized spacial score (nSPS) is 30.9. The van der Waals surface area contributed by atoms with Gasteiger partial charge < -0.3 is 4.74 Å². The molecule has 1 atom stereocenters. The fraction of sp³-hybridized carbons (Fsp3) is 0.421. The van der Waals surface area contributed by atoms with Crippen molar-refractivity contribution in [3.63, 3.8) is 0 Å². The van der Waals surface area contributed by atoms with E-state index in [4.69, 9.17) is 16.3 Å². The Bertz CT molecular complexity index is 830. The minimum absolute atomic E-state index is 0.201. The Balaban J connectivity index is 1.42. The van der Waals surface area contributed by atoms with E-state index < -0.39 is 0 Å². The van der Waals surface area contributed by atoms with E-state index in [1.807, 2.05) is 35.2 Å². The van der Waals surface area contributed by atoms with Crippen LogP contribution >= 0.6 is 22.9 Å². The van der Waals surface area contributed by atoms with Crippen molar-refractivity contribution in [2.24, 2.45) is 5.92 Å². The third-order valence-corrected chi connectivity index (χ3v) is 7.12. The molecule has 6 rings (SSSR count). The molecule has 4 aliphatic heterocycles. The van der Waals surface area contributed by atoms with E-state index in [9.17, 15) is 4.79 Å². The lowest BCUT2D eigenvalue weighted by atomic mass is 9.75. The molecule has 2 bridgehead atoms. The number of nitrogens with zero attached hydrogens (tertiary/aromatic N) is 2. The van der Waals surface area contributed by atoms with E-state index in [2.05, 4.69) is 11.0 Å². The van der Waals surface area contributed by atoms with E-state index >= 15 is 0 Å². The van der Waals surface area contributed by atoms with Crippen LogP contribution in [0, 0.1) is 5.92 Å². The molecule has 2 aromatic rings. The largest absolute Gasteiger partial charge is 0.439 e. The topological polar surface area (TPSA) is 32.8 Å². The molecule has 4 nitrogen and oxygen atoms in total. The van der Waals surface area contributed by atoms with Crippen LogP contribution in [0.5, 0.6) is 0 Å². The van der Waals surface area contributed by atoms with Crippen molar-refractivity contribution in [1.82, 2.24) is 4.90 Å². The summed E-state index contributed by atoms with van der Waals surface area (Å²) in [6.45, 7) is 3.83. The highest BCUT2D eigenvalue weighted by molar-refractivity contribution is 7.19. The number of anilines is 1. The maximum Gasteiger partial charge on any atom is 0.415 e. The maximum absolute atomic E-state index is 12.6. The summed E-state index contributed by atoms with van der Waals surface area (Å²) in [7, 11) is 0. The molecule has 0 saturated carbocycles. The summed E-state index contributed by atoms with van der Waals surface area (Å²) in [4.78, 5) is 18.0. The van der Waals surface area contributed by atoms with E-state index in [1.54, 1.807) is 11.3 Å². The molecule has 6 heteroatoms. The van der Waals surface area contributed by atoms with Crippen LogP contribution in [-0.4, -0.2) is 42.8 Å². The first-order valence-corrected chi connectivity index (χ1v) is 9.91. The number of hydrogen-bond acceptors (Lipinski definition) is 4. The van der Waals surface area contributed by atoms with Crippen LogP contribution in [0.15, 0.2) is 36.4 Å². The third kappa shape index (κ3) is 2.57. The van der Waals surface area contributed by atoms with Crippen molar-refractivity contribution >= 4 is 34.0 Å². The van der Waals surface area contributed by atoms with Crippen LogP contribution in [0.3, 0.4) is 0 Å². The van der Waals surface area contributed by atoms with Crippen LogP contribution in [-0.2, 0) is 4.74 Å². The van der Waals surface area contributed by atoms with Gasteiger partial charge in [0.25, 0.3) is 0 Å². The average Bonchev–Trinajstić information content (AvgIpc) is 3.21. The van der Waals surface area contributed by atoms with Crippen molar-refractivity contribution in [2.75, 3.05) is 31.1 Å². The minimum Gasteiger partial charge on any atom is -0.439 e. The summed E-state index contributed by atoms with van der Waals surface area (Å²) in [5.74, 6) is 0.499. The molecule has 0 N–H and O–H groups in total. The number of thiophene rings is 1. The van der Waals surface area contributed by atoms with Gasteiger partial charge in [-0.3, -0.25) is 9.80 Å². The van der Waals surface area contributed by atoms with Gasteiger partial charge in [0, 0.05) is 22.4 Å². The van der Waals surface area contributed by atoms with E-state index in [-0.39, 0.29) is 11.7 Å². The highest BCUT2D eigenvalue weighted by Gasteiger charge is 2.55. The molecule has 1 spiro atoms. The van der Waals surface area contributed by atoms with Crippen molar-refractivity contribution in [3.05, 3.63) is 41.4 Å². The lowest BCUT2D eigenvalue weighted by Gasteiger charge is -2.49. The number of ether oxygens (including phenoxy) is 1. The van der Waals surface area contributed by atoms with Crippen molar-refractivity contribution in [2.45, 2.75) is 18.4 Å². The summed E-state index contributed by atoms with van der Waals surface area (Å²) in [6.07, 6.45) is 2.08. The lowest BCUT2D eigenvalue weighted by molar-refractivity contribution is -0.0881. The Morgan fingerprint density at radius 1 is 1.16 bits per heavy atom. The van der Waals surface area contributed by atoms with E-state index in [0.717, 1.165) is 52.9 Å². The van der Waals surface area contributed by atoms with Crippen molar-refractivity contribution in [3.8, 4) is 10.4 Å². The molecule has 4 saturated heterocycles. The zero-order chi connectivity index (χ0) is 17.0. The van der Waals surface area contributed by atoms with Crippen LogP contribution in [0.4, 0.5) is 9.80 Å². The molecule has 1 aromatic carbocycles. The Morgan fingerprint density at radius 3 is 2.72 bits per heavy atom. The van der Waals surface area contributed by atoms with Gasteiger partial charge in [0.1, 0.15) is 10.6 Å². The second kappa shape index (κ2) is 5.73. The van der Waals surface area contributed by atoms with Crippen LogP contribution < -0.4 is 4.90 Å². The first kappa shape index (κ1) is 15.7. The maximum atomic E-state index is 12.6. The van der Waals surface area contributed by atoms with Gasteiger partial charge in [-0.2, -0.15) is 0 Å². The zero-order valence-electron chi connectivity index (χ0n) is 13.8. The first-order valence-electron chi connectivity index (χ1n) is 8.72. The van der Waals surface area contributed by atoms with Crippen LogP contribution in [0.2, 0.25) is 5.02 Å². The number of amides is 1. The standard InChI is InChI=1S/C19H19ClN2O2S/c20-15-3-1-2-13(10-15)16-4-5-17(25-16)22-12-19(24-18(22)23)11-21-8-6-14(19)7-9-21/h1-5,10,14H,6-9,11-12H2/t19-/m0/s1. The molecule has 1 amide bonds. The number of hydrogen-bond donors (Lipinski definition) is 0. The summed E-state index contributed by atoms with van der Waals surface area (Å²) >= 11 is 7.72. The second-order valence-corrected chi connectivity index (χ2v) is 8.72. The Hall–Kier alpha value is -1.56. The molecule has 25 heavy (non-hydrogen) atoms. The predicted molar refractivity (Wildman–Crippen MR) is 100 cm³/mol. The smallest absolute Gasteiger partial charge is 0.415 e. The van der Waals surface area contributed by atoms with E-state index in [1.165, 1.54) is 0 Å². The van der Waals surface area contributed by atoms with Gasteiger partial charge in [-0.1, -0.05) is 23.7 Å². The number of halogens is 1. The number of rotatable bonds is 2. The van der Waals surface area contributed by atoms with Gasteiger partial charge in [0.05, 0.1) is 6.54 Å². The van der Waals surface area contributed by atoms with Crippen molar-refractivity contribution in [1.29, 1.82) is 0 Å². The Morgan fingerprint density at radius 2 is 2.00 bits per heavy atom. The van der Waals surface area contributed by atoms with Gasteiger partial charge in [-0.25, -0.2) is 4.79 Å². The minimum atomic E-state index is -0.312. The monoisotopic (exact) mass is 374 g/mol. The van der Waals surface area contributed by atoms with Gasteiger partial charge >= 0.3 is 6.09 Å². The summed E-state index contributed by atoms with van der Waals surface area (Å²) in [5, 5.41) is 1.67. The number of carbonyl (C=O) groups excluding carboxylic acids is 1. The third-order valence-electron chi connectivity index (χ3n) is 5.73. The SMILES string of the molecule is O=C1O[C@@]2(CN3CCC2CC3)CN1c1ccc(-c2cccc(Cl)c2)s1. The quantitative estimate of drug-likeness (QED) is 0.776. The van der Waals surface area contributed by atoms with Crippen LogP contribution in [0.1, 0.15) is 12.8 Å². The summed E-state index contributed by atoms with van der Waals surface area (Å²) < 4.78 is 5.96. The molecule has 0 aliphatic carbocycles. The van der Waals surface area contributed by atoms with E-state index in [0.29, 0.717) is 12.5 Å². The molecule has 4 fully saturated rings. The average molecular weight is 375 g/mol. The fourth-order valence-corrected chi connectivity index (χ4v) is 5.63. The number of benzene rings is 1. The molecule has 0 unspecified atom stereocenters. The molecule has 1 aromatic heterocycles. The van der Waals surface area contributed by atoms with Gasteiger partial charge in [0.2, 0.25) is 0 Å². The molecule has 5 heterocycles. The highest BCUT2D eigenvalue weighted by atomic mass is 35.5. The number of carbonyl (C=O) groups is 1. The Kier molecular flexibility index (Phi) is 3.59. The lowest BCUT2D eigenvalue weighted by Crippen LogP contribution is -2.61. The highest BCUT2D eigenvalue weighted by Crippen LogP contribution is 2.45. The van der Waals surface area contributed by atoms with Crippen molar-refractivity contribution < 1.29 is 9.53 Å². The number of fused-ring (bicyclic) bond motifs is 2. The zero-order valence-corrected chi connectivity index (χ0v) is 15.4. The predicted octanol–water partition coefficient (Wildman–Crippen LogP) is 4.49. The van der Waals surface area contributed by atoms with Gasteiger partial charge in [-0.05, 0) is 55.8 Å². The molecule has 130 valence electrons. The first-order chi connectivity index (χ1) is 12.1. The van der Waals surface area contributed by atoms with Gasteiger partial charge in [-0.15, -0.1) is 11.3 Å². The molecular weight excluding hydrogens is 356 g/mol. The van der Waals surface area contributed by atoms with Gasteiger partial charge in [0.15, 0.2) is 0 Å². The summed E-state index contributed by atoms with van der Waals surface area (Å²) in [5.41, 5.74) is 0.766. The summed E-state index contributed by atoms with van der Waals surface area (Å²) in [6, 6.07) is 11.9. The number of piperidine rings is 3. The second-order valence-electron chi connectivity index (χ2n) is 7.22.